The normalized spacial score (nSPS) is 16.3. The van der Waals surface area contributed by atoms with Crippen molar-refractivity contribution < 1.29 is 14.3 Å². The fourth-order valence-corrected chi connectivity index (χ4v) is 4.93. The SMILES string of the molecule is COCCCN(CC(=O)N1CCSC1c1ccc(OC)cc1)Cc1ccc(C)cc1. The largest absolute Gasteiger partial charge is 0.497 e. The highest BCUT2D eigenvalue weighted by Crippen LogP contribution is 2.38. The van der Waals surface area contributed by atoms with Crippen molar-refractivity contribution in [3.63, 3.8) is 0 Å². The zero-order chi connectivity index (χ0) is 21.3. The van der Waals surface area contributed by atoms with Gasteiger partial charge in [0.05, 0.1) is 13.7 Å². The molecule has 1 fully saturated rings. The smallest absolute Gasteiger partial charge is 0.237 e. The van der Waals surface area contributed by atoms with Crippen LogP contribution in [0.3, 0.4) is 0 Å². The van der Waals surface area contributed by atoms with E-state index in [1.54, 1.807) is 14.2 Å². The van der Waals surface area contributed by atoms with Gasteiger partial charge < -0.3 is 14.4 Å². The van der Waals surface area contributed by atoms with Gasteiger partial charge in [0.25, 0.3) is 0 Å². The van der Waals surface area contributed by atoms with Crippen molar-refractivity contribution >= 4 is 17.7 Å². The van der Waals surface area contributed by atoms with Gasteiger partial charge in [-0.05, 0) is 36.6 Å². The van der Waals surface area contributed by atoms with Crippen molar-refractivity contribution in [2.45, 2.75) is 25.3 Å². The second kappa shape index (κ2) is 11.4. The van der Waals surface area contributed by atoms with E-state index < -0.39 is 0 Å². The van der Waals surface area contributed by atoms with Gasteiger partial charge in [0.1, 0.15) is 11.1 Å². The number of aryl methyl sites for hydroxylation is 1. The van der Waals surface area contributed by atoms with E-state index in [-0.39, 0.29) is 11.3 Å². The average molecular weight is 429 g/mol. The fourth-order valence-electron chi connectivity index (χ4n) is 3.65. The van der Waals surface area contributed by atoms with E-state index in [1.165, 1.54) is 11.1 Å². The molecule has 1 atom stereocenters. The number of rotatable bonds is 10. The number of amides is 1. The van der Waals surface area contributed by atoms with Crippen LogP contribution in [0.15, 0.2) is 48.5 Å². The van der Waals surface area contributed by atoms with E-state index in [0.717, 1.165) is 43.1 Å². The van der Waals surface area contributed by atoms with Crippen LogP contribution in [0, 0.1) is 6.92 Å². The Morgan fingerprint density at radius 1 is 1.13 bits per heavy atom. The van der Waals surface area contributed by atoms with E-state index in [2.05, 4.69) is 48.2 Å². The number of carbonyl (C=O) groups excluding carboxylic acids is 1. The van der Waals surface area contributed by atoms with Gasteiger partial charge in [-0.15, -0.1) is 11.8 Å². The summed E-state index contributed by atoms with van der Waals surface area (Å²) in [6, 6.07) is 16.6. The summed E-state index contributed by atoms with van der Waals surface area (Å²) in [6.07, 6.45) is 0.909. The monoisotopic (exact) mass is 428 g/mol. The lowest BCUT2D eigenvalue weighted by atomic mass is 10.1. The number of hydrogen-bond donors (Lipinski definition) is 0. The molecule has 0 bridgehead atoms. The lowest BCUT2D eigenvalue weighted by Crippen LogP contribution is -2.40. The Hall–Kier alpha value is -2.02. The standard InChI is InChI=1S/C24H32N2O3S/c1-19-5-7-20(8-6-19)17-25(13-4-15-28-2)18-23(27)26-14-16-30-24(26)21-9-11-22(29-3)12-10-21/h5-12,24H,4,13-18H2,1-3H3. The number of carbonyl (C=O) groups is 1. The molecule has 0 aliphatic carbocycles. The van der Waals surface area contributed by atoms with Crippen LogP contribution in [-0.4, -0.2) is 61.9 Å². The molecule has 30 heavy (non-hydrogen) atoms. The van der Waals surface area contributed by atoms with Crippen molar-refractivity contribution in [1.82, 2.24) is 9.80 Å². The minimum absolute atomic E-state index is 0.0728. The Balaban J connectivity index is 1.66. The molecular weight excluding hydrogens is 396 g/mol. The predicted octanol–water partition coefficient (Wildman–Crippen LogP) is 4.12. The van der Waals surface area contributed by atoms with Crippen molar-refractivity contribution in [3.8, 4) is 5.75 Å². The first-order chi connectivity index (χ1) is 14.6. The summed E-state index contributed by atoms with van der Waals surface area (Å²) >= 11 is 1.83. The maximum atomic E-state index is 13.3. The van der Waals surface area contributed by atoms with Crippen LogP contribution >= 0.6 is 11.8 Å². The number of hydrogen-bond acceptors (Lipinski definition) is 5. The van der Waals surface area contributed by atoms with Crippen LogP contribution in [-0.2, 0) is 16.1 Å². The summed E-state index contributed by atoms with van der Waals surface area (Å²) in [5, 5.41) is 0.0728. The first-order valence-corrected chi connectivity index (χ1v) is 11.5. The first-order valence-electron chi connectivity index (χ1n) is 10.4. The molecule has 2 aromatic rings. The number of methoxy groups -OCH3 is 2. The minimum atomic E-state index is 0.0728. The molecule has 1 aliphatic rings. The molecule has 0 radical (unpaired) electrons. The number of thioether (sulfide) groups is 1. The van der Waals surface area contributed by atoms with Crippen molar-refractivity contribution in [2.24, 2.45) is 0 Å². The third-order valence-electron chi connectivity index (χ3n) is 5.32. The summed E-state index contributed by atoms with van der Waals surface area (Å²) in [5.74, 6) is 1.98. The molecule has 0 aromatic heterocycles. The molecular formula is C24H32N2O3S. The number of ether oxygens (including phenoxy) is 2. The van der Waals surface area contributed by atoms with Crippen LogP contribution in [0.5, 0.6) is 5.75 Å². The molecule has 5 nitrogen and oxygen atoms in total. The predicted molar refractivity (Wildman–Crippen MR) is 123 cm³/mol. The van der Waals surface area contributed by atoms with E-state index in [4.69, 9.17) is 9.47 Å². The van der Waals surface area contributed by atoms with Gasteiger partial charge in [-0.1, -0.05) is 42.0 Å². The lowest BCUT2D eigenvalue weighted by Gasteiger charge is -2.28. The van der Waals surface area contributed by atoms with Gasteiger partial charge in [0, 0.05) is 39.1 Å². The van der Waals surface area contributed by atoms with E-state index in [1.807, 2.05) is 28.8 Å². The third kappa shape index (κ3) is 6.24. The Morgan fingerprint density at radius 2 is 1.87 bits per heavy atom. The van der Waals surface area contributed by atoms with Gasteiger partial charge in [0.15, 0.2) is 0 Å². The molecule has 0 N–H and O–H groups in total. The molecule has 2 aromatic carbocycles. The summed E-state index contributed by atoms with van der Waals surface area (Å²) < 4.78 is 10.5. The summed E-state index contributed by atoms with van der Waals surface area (Å²) in [4.78, 5) is 17.5. The molecule has 3 rings (SSSR count). The zero-order valence-electron chi connectivity index (χ0n) is 18.2. The summed E-state index contributed by atoms with van der Waals surface area (Å²) in [5.41, 5.74) is 3.63. The van der Waals surface area contributed by atoms with Crippen molar-refractivity contribution in [1.29, 1.82) is 0 Å². The van der Waals surface area contributed by atoms with Gasteiger partial charge in [-0.25, -0.2) is 0 Å². The first kappa shape index (κ1) is 22.7. The van der Waals surface area contributed by atoms with Crippen LogP contribution in [0.4, 0.5) is 0 Å². The third-order valence-corrected chi connectivity index (χ3v) is 6.58. The summed E-state index contributed by atoms with van der Waals surface area (Å²) in [7, 11) is 3.39. The highest BCUT2D eigenvalue weighted by molar-refractivity contribution is 7.99. The molecule has 1 unspecified atom stereocenters. The van der Waals surface area contributed by atoms with Gasteiger partial charge in [-0.2, -0.15) is 0 Å². The Kier molecular flexibility index (Phi) is 8.61. The zero-order valence-corrected chi connectivity index (χ0v) is 19.0. The van der Waals surface area contributed by atoms with E-state index >= 15 is 0 Å². The highest BCUT2D eigenvalue weighted by Gasteiger charge is 2.31. The van der Waals surface area contributed by atoms with Gasteiger partial charge in [-0.3, -0.25) is 9.69 Å². The molecule has 1 saturated heterocycles. The molecule has 0 spiro atoms. The lowest BCUT2D eigenvalue weighted by molar-refractivity contribution is -0.132. The topological polar surface area (TPSA) is 42.0 Å². The quantitative estimate of drug-likeness (QED) is 0.533. The highest BCUT2D eigenvalue weighted by atomic mass is 32.2. The van der Waals surface area contributed by atoms with Gasteiger partial charge in [0.2, 0.25) is 5.91 Å². The van der Waals surface area contributed by atoms with Crippen LogP contribution in [0.1, 0.15) is 28.5 Å². The second-order valence-corrected chi connectivity index (χ2v) is 8.81. The molecule has 1 aliphatic heterocycles. The maximum absolute atomic E-state index is 13.3. The van der Waals surface area contributed by atoms with E-state index in [0.29, 0.717) is 13.2 Å². The second-order valence-electron chi connectivity index (χ2n) is 7.63. The number of nitrogens with zero attached hydrogens (tertiary/aromatic N) is 2. The molecule has 6 heteroatoms. The Bertz CT molecular complexity index is 795. The van der Waals surface area contributed by atoms with Crippen LogP contribution in [0.2, 0.25) is 0 Å². The molecule has 0 saturated carbocycles. The molecule has 1 heterocycles. The van der Waals surface area contributed by atoms with Crippen LogP contribution in [0.25, 0.3) is 0 Å². The fraction of sp³-hybridized carbons (Fsp3) is 0.458. The average Bonchev–Trinajstić information content (AvgIpc) is 3.25. The van der Waals surface area contributed by atoms with Crippen molar-refractivity contribution in [3.05, 3.63) is 65.2 Å². The molecule has 162 valence electrons. The number of benzene rings is 2. The maximum Gasteiger partial charge on any atom is 0.237 e. The Labute approximate surface area is 184 Å². The summed E-state index contributed by atoms with van der Waals surface area (Å²) in [6.45, 7) is 5.60. The van der Waals surface area contributed by atoms with Gasteiger partial charge >= 0.3 is 0 Å². The van der Waals surface area contributed by atoms with Crippen LogP contribution < -0.4 is 4.74 Å². The Morgan fingerprint density at radius 3 is 2.53 bits per heavy atom. The van der Waals surface area contributed by atoms with E-state index in [9.17, 15) is 4.79 Å². The molecule has 1 amide bonds. The van der Waals surface area contributed by atoms with Crippen molar-refractivity contribution in [2.75, 3.05) is 46.2 Å². The minimum Gasteiger partial charge on any atom is -0.497 e.